The third-order valence-electron chi connectivity index (χ3n) is 3.38. The maximum atomic E-state index is 12.4. The fourth-order valence-corrected chi connectivity index (χ4v) is 2.41. The molecule has 0 bridgehead atoms. The summed E-state index contributed by atoms with van der Waals surface area (Å²) in [6.45, 7) is 6.51. The van der Waals surface area contributed by atoms with Crippen LogP contribution in [0.2, 0.25) is 0 Å². The van der Waals surface area contributed by atoms with Crippen LogP contribution in [0.4, 0.5) is 0 Å². The standard InChI is InChI=1S/C18H19BrO/c1-18(2,3)16-10-8-15(9-11-16)17(20)14-6-4-13(12-19)5-7-14/h4-11H,12H2,1-3H3. The quantitative estimate of drug-likeness (QED) is 0.564. The topological polar surface area (TPSA) is 17.1 Å². The van der Waals surface area contributed by atoms with Gasteiger partial charge in [0, 0.05) is 16.5 Å². The van der Waals surface area contributed by atoms with Gasteiger partial charge in [-0.25, -0.2) is 0 Å². The molecule has 20 heavy (non-hydrogen) atoms. The molecule has 0 aromatic heterocycles. The summed E-state index contributed by atoms with van der Waals surface area (Å²) in [5, 5.41) is 0.807. The number of alkyl halides is 1. The first-order valence-corrected chi connectivity index (χ1v) is 7.84. The molecule has 0 aliphatic heterocycles. The van der Waals surface area contributed by atoms with Gasteiger partial charge in [-0.1, -0.05) is 85.2 Å². The van der Waals surface area contributed by atoms with Gasteiger partial charge in [-0.15, -0.1) is 0 Å². The second kappa shape index (κ2) is 5.92. The molecule has 0 atom stereocenters. The van der Waals surface area contributed by atoms with Crippen molar-refractivity contribution in [3.63, 3.8) is 0 Å². The number of hydrogen-bond acceptors (Lipinski definition) is 1. The van der Waals surface area contributed by atoms with Crippen molar-refractivity contribution >= 4 is 21.7 Å². The van der Waals surface area contributed by atoms with Gasteiger partial charge in [0.05, 0.1) is 0 Å². The van der Waals surface area contributed by atoms with E-state index in [9.17, 15) is 4.79 Å². The molecule has 0 saturated heterocycles. The van der Waals surface area contributed by atoms with Gasteiger partial charge >= 0.3 is 0 Å². The number of halogens is 1. The molecular formula is C18H19BrO. The van der Waals surface area contributed by atoms with Crippen LogP contribution >= 0.6 is 15.9 Å². The molecule has 0 heterocycles. The monoisotopic (exact) mass is 330 g/mol. The third-order valence-corrected chi connectivity index (χ3v) is 4.03. The molecule has 0 fully saturated rings. The molecule has 2 aromatic rings. The predicted octanol–water partition coefficient (Wildman–Crippen LogP) is 5.11. The van der Waals surface area contributed by atoms with E-state index >= 15 is 0 Å². The van der Waals surface area contributed by atoms with E-state index in [1.807, 2.05) is 48.5 Å². The first-order valence-electron chi connectivity index (χ1n) is 6.72. The third kappa shape index (κ3) is 3.37. The van der Waals surface area contributed by atoms with Crippen LogP contribution in [-0.4, -0.2) is 5.78 Å². The van der Waals surface area contributed by atoms with E-state index in [2.05, 4.69) is 36.7 Å². The number of benzene rings is 2. The van der Waals surface area contributed by atoms with Crippen LogP contribution in [0, 0.1) is 0 Å². The minimum absolute atomic E-state index is 0.0755. The Balaban J connectivity index is 2.24. The van der Waals surface area contributed by atoms with Crippen LogP contribution in [0.15, 0.2) is 48.5 Å². The Morgan fingerprint density at radius 2 is 1.35 bits per heavy atom. The second-order valence-corrected chi connectivity index (χ2v) is 6.55. The van der Waals surface area contributed by atoms with E-state index in [1.54, 1.807) is 0 Å². The Morgan fingerprint density at radius 1 is 0.900 bits per heavy atom. The summed E-state index contributed by atoms with van der Waals surface area (Å²) in [5.41, 5.74) is 4.00. The van der Waals surface area contributed by atoms with Crippen LogP contribution in [0.5, 0.6) is 0 Å². The average Bonchev–Trinajstić information content (AvgIpc) is 2.46. The zero-order valence-electron chi connectivity index (χ0n) is 12.1. The normalized spacial score (nSPS) is 11.4. The maximum absolute atomic E-state index is 12.4. The largest absolute Gasteiger partial charge is 0.289 e. The highest BCUT2D eigenvalue weighted by Gasteiger charge is 2.14. The lowest BCUT2D eigenvalue weighted by atomic mass is 9.86. The molecule has 104 valence electrons. The van der Waals surface area contributed by atoms with Gasteiger partial charge in [0.25, 0.3) is 0 Å². The van der Waals surface area contributed by atoms with Crippen molar-refractivity contribution in [3.05, 3.63) is 70.8 Å². The van der Waals surface area contributed by atoms with Gasteiger partial charge in [0.15, 0.2) is 5.78 Å². The SMILES string of the molecule is CC(C)(C)c1ccc(C(=O)c2ccc(CBr)cc2)cc1. The first-order chi connectivity index (χ1) is 9.41. The van der Waals surface area contributed by atoms with Crippen molar-refractivity contribution in [3.8, 4) is 0 Å². The lowest BCUT2D eigenvalue weighted by molar-refractivity contribution is 0.103. The van der Waals surface area contributed by atoms with Gasteiger partial charge in [0.2, 0.25) is 0 Å². The highest BCUT2D eigenvalue weighted by Crippen LogP contribution is 2.23. The molecule has 0 unspecified atom stereocenters. The van der Waals surface area contributed by atoms with Crippen LogP contribution in [-0.2, 0) is 10.7 Å². The smallest absolute Gasteiger partial charge is 0.193 e. The Hall–Kier alpha value is -1.41. The van der Waals surface area contributed by atoms with Crippen LogP contribution in [0.25, 0.3) is 0 Å². The van der Waals surface area contributed by atoms with Gasteiger partial charge in [-0.05, 0) is 16.5 Å². The molecule has 0 amide bonds. The molecule has 2 aromatic carbocycles. The highest BCUT2D eigenvalue weighted by atomic mass is 79.9. The fraction of sp³-hybridized carbons (Fsp3) is 0.278. The lowest BCUT2D eigenvalue weighted by Crippen LogP contribution is -2.11. The molecule has 0 aliphatic rings. The van der Waals surface area contributed by atoms with Crippen molar-refractivity contribution in [2.75, 3.05) is 0 Å². The van der Waals surface area contributed by atoms with Crippen molar-refractivity contribution < 1.29 is 4.79 Å². The summed E-state index contributed by atoms with van der Waals surface area (Å²) in [6.07, 6.45) is 0. The number of rotatable bonds is 3. The van der Waals surface area contributed by atoms with E-state index in [-0.39, 0.29) is 11.2 Å². The van der Waals surface area contributed by atoms with Crippen LogP contribution < -0.4 is 0 Å². The van der Waals surface area contributed by atoms with Gasteiger partial charge in [-0.2, -0.15) is 0 Å². The van der Waals surface area contributed by atoms with E-state index in [1.165, 1.54) is 11.1 Å². The van der Waals surface area contributed by atoms with Crippen LogP contribution in [0.1, 0.15) is 47.8 Å². The summed E-state index contributed by atoms with van der Waals surface area (Å²) in [6, 6.07) is 15.6. The Bertz CT molecular complexity index is 589. The summed E-state index contributed by atoms with van der Waals surface area (Å²) < 4.78 is 0. The van der Waals surface area contributed by atoms with Crippen molar-refractivity contribution in [1.82, 2.24) is 0 Å². The summed E-state index contributed by atoms with van der Waals surface area (Å²) >= 11 is 3.41. The molecular weight excluding hydrogens is 312 g/mol. The molecule has 0 N–H and O–H groups in total. The Labute approximate surface area is 129 Å². The van der Waals surface area contributed by atoms with Crippen molar-refractivity contribution in [2.45, 2.75) is 31.5 Å². The van der Waals surface area contributed by atoms with Gasteiger partial charge in [-0.3, -0.25) is 4.79 Å². The molecule has 1 nitrogen and oxygen atoms in total. The molecule has 0 spiro atoms. The minimum atomic E-state index is 0.0755. The van der Waals surface area contributed by atoms with E-state index in [0.29, 0.717) is 0 Å². The van der Waals surface area contributed by atoms with Crippen molar-refractivity contribution in [2.24, 2.45) is 0 Å². The predicted molar refractivity (Wildman–Crippen MR) is 87.6 cm³/mol. The molecule has 0 radical (unpaired) electrons. The number of carbonyl (C=O) groups is 1. The molecule has 0 aliphatic carbocycles. The fourth-order valence-electron chi connectivity index (χ4n) is 2.03. The Kier molecular flexibility index (Phi) is 4.44. The molecule has 2 rings (SSSR count). The number of hydrogen-bond donors (Lipinski definition) is 0. The van der Waals surface area contributed by atoms with Crippen molar-refractivity contribution in [1.29, 1.82) is 0 Å². The van der Waals surface area contributed by atoms with Gasteiger partial charge < -0.3 is 0 Å². The van der Waals surface area contributed by atoms with Crippen LogP contribution in [0.3, 0.4) is 0 Å². The Morgan fingerprint density at radius 3 is 1.75 bits per heavy atom. The summed E-state index contributed by atoms with van der Waals surface area (Å²) in [4.78, 5) is 12.4. The zero-order chi connectivity index (χ0) is 14.8. The second-order valence-electron chi connectivity index (χ2n) is 5.99. The molecule has 0 saturated carbocycles. The number of ketones is 1. The maximum Gasteiger partial charge on any atom is 0.193 e. The summed E-state index contributed by atoms with van der Waals surface area (Å²) in [7, 11) is 0. The highest BCUT2D eigenvalue weighted by molar-refractivity contribution is 9.08. The molecule has 2 heteroatoms. The zero-order valence-corrected chi connectivity index (χ0v) is 13.7. The summed E-state index contributed by atoms with van der Waals surface area (Å²) in [5.74, 6) is 0.0755. The first kappa shape index (κ1) is 15.0. The van der Waals surface area contributed by atoms with E-state index in [4.69, 9.17) is 0 Å². The minimum Gasteiger partial charge on any atom is -0.289 e. The van der Waals surface area contributed by atoms with E-state index < -0.39 is 0 Å². The average molecular weight is 331 g/mol. The number of carbonyl (C=O) groups excluding carboxylic acids is 1. The lowest BCUT2D eigenvalue weighted by Gasteiger charge is -2.19. The van der Waals surface area contributed by atoms with Gasteiger partial charge in [0.1, 0.15) is 0 Å². The van der Waals surface area contributed by atoms with E-state index in [0.717, 1.165) is 16.5 Å².